The maximum absolute atomic E-state index is 13.9. The van der Waals surface area contributed by atoms with Crippen molar-refractivity contribution in [2.24, 2.45) is 0 Å². The van der Waals surface area contributed by atoms with Gasteiger partial charge in [-0.3, -0.25) is 9.78 Å². The molecule has 6 rings (SSSR count). The Morgan fingerprint density at radius 1 is 0.976 bits per heavy atom. The number of hydrogen-bond acceptors (Lipinski definition) is 5. The maximum atomic E-state index is 13.9. The quantitative estimate of drug-likeness (QED) is 0.177. The van der Waals surface area contributed by atoms with Crippen LogP contribution in [0.15, 0.2) is 89.5 Å². The average molecular weight is 567 g/mol. The molecule has 0 bridgehead atoms. The summed E-state index contributed by atoms with van der Waals surface area (Å²) in [5.41, 5.74) is 7.23. The van der Waals surface area contributed by atoms with Gasteiger partial charge in [0.15, 0.2) is 5.76 Å². The number of halogens is 2. The van der Waals surface area contributed by atoms with Crippen molar-refractivity contribution in [3.63, 3.8) is 0 Å². The predicted molar refractivity (Wildman–Crippen MR) is 157 cm³/mol. The van der Waals surface area contributed by atoms with Crippen molar-refractivity contribution in [1.82, 2.24) is 10.1 Å². The molecule has 0 spiro atoms. The lowest BCUT2D eigenvalue weighted by Gasteiger charge is -2.14. The summed E-state index contributed by atoms with van der Waals surface area (Å²) >= 11 is 6.32. The van der Waals surface area contributed by atoms with E-state index in [0.717, 1.165) is 52.0 Å². The van der Waals surface area contributed by atoms with E-state index in [1.165, 1.54) is 18.2 Å². The Morgan fingerprint density at radius 2 is 1.66 bits per heavy atom. The number of hydrogen-bond donors (Lipinski definition) is 0. The minimum atomic E-state index is -0.475. The second kappa shape index (κ2) is 10.9. The number of aryl methyl sites for hydroxylation is 1. The summed E-state index contributed by atoms with van der Waals surface area (Å²) in [5.74, 6) is 0.192. The summed E-state index contributed by atoms with van der Waals surface area (Å²) in [7, 11) is 0. The van der Waals surface area contributed by atoms with Crippen molar-refractivity contribution in [2.45, 2.75) is 38.5 Å². The molecular weight excluding hydrogens is 539 g/mol. The molecule has 1 saturated carbocycles. The molecule has 0 radical (unpaired) electrons. The minimum Gasteiger partial charge on any atom is -0.465 e. The first-order valence-corrected chi connectivity index (χ1v) is 14.0. The van der Waals surface area contributed by atoms with Crippen molar-refractivity contribution in [3.05, 3.63) is 118 Å². The fourth-order valence-electron chi connectivity index (χ4n) is 5.23. The molecule has 2 heterocycles. The highest BCUT2D eigenvalue weighted by atomic mass is 35.5. The molecule has 1 aliphatic rings. The molecular formula is C34H28ClFN2O3. The smallest absolute Gasteiger partial charge is 0.316 e. The van der Waals surface area contributed by atoms with Crippen molar-refractivity contribution in [3.8, 4) is 33.7 Å². The molecule has 1 fully saturated rings. The lowest BCUT2D eigenvalue weighted by molar-refractivity contribution is -0.146. The zero-order chi connectivity index (χ0) is 28.6. The number of esters is 1. The van der Waals surface area contributed by atoms with Gasteiger partial charge in [-0.05, 0) is 73.7 Å². The van der Waals surface area contributed by atoms with Crippen LogP contribution in [0.2, 0.25) is 5.02 Å². The first-order chi connectivity index (χ1) is 19.9. The second-order valence-corrected chi connectivity index (χ2v) is 10.8. The Hall–Kier alpha value is -4.29. The Bertz CT molecular complexity index is 1720. The summed E-state index contributed by atoms with van der Waals surface area (Å²) in [4.78, 5) is 17.2. The lowest BCUT2D eigenvalue weighted by atomic mass is 9.93. The highest BCUT2D eigenvalue weighted by molar-refractivity contribution is 6.33. The number of benzene rings is 3. The van der Waals surface area contributed by atoms with Gasteiger partial charge in [-0.2, -0.15) is 0 Å². The molecule has 2 aromatic heterocycles. The van der Waals surface area contributed by atoms with E-state index < -0.39 is 5.41 Å². The topological polar surface area (TPSA) is 65.2 Å². The molecule has 41 heavy (non-hydrogen) atoms. The van der Waals surface area contributed by atoms with Crippen LogP contribution >= 0.6 is 11.6 Å². The van der Waals surface area contributed by atoms with Gasteiger partial charge < -0.3 is 9.26 Å². The third-order valence-electron chi connectivity index (χ3n) is 7.69. The standard InChI is InChI=1S/C34H28ClFN2O3/c1-3-40-33(39)34(17-18-34)25-13-11-23(12-14-25)22-7-9-24(10-8-22)32-28(21(2)38-41-32)20-27-5-4-6-31(37-27)29-19-26(36)15-16-30(29)35/h4-16,19H,3,17-18,20H2,1-2H3. The largest absolute Gasteiger partial charge is 0.465 e. The van der Waals surface area contributed by atoms with Crippen molar-refractivity contribution in [2.75, 3.05) is 6.61 Å². The molecule has 1 aliphatic carbocycles. The maximum Gasteiger partial charge on any atom is 0.316 e. The van der Waals surface area contributed by atoms with Crippen LogP contribution in [-0.4, -0.2) is 22.7 Å². The fourth-order valence-corrected chi connectivity index (χ4v) is 5.44. The molecule has 0 atom stereocenters. The molecule has 3 aromatic carbocycles. The molecule has 206 valence electrons. The first kappa shape index (κ1) is 26.9. The zero-order valence-electron chi connectivity index (χ0n) is 22.8. The van der Waals surface area contributed by atoms with Crippen LogP contribution < -0.4 is 0 Å². The molecule has 7 heteroatoms. The van der Waals surface area contributed by atoms with E-state index in [2.05, 4.69) is 29.4 Å². The molecule has 0 unspecified atom stereocenters. The zero-order valence-corrected chi connectivity index (χ0v) is 23.5. The van der Waals surface area contributed by atoms with Crippen LogP contribution in [0.4, 0.5) is 4.39 Å². The van der Waals surface area contributed by atoms with Crippen molar-refractivity contribution in [1.29, 1.82) is 0 Å². The molecule has 0 aliphatic heterocycles. The van der Waals surface area contributed by atoms with E-state index in [1.807, 2.05) is 56.3 Å². The van der Waals surface area contributed by atoms with E-state index in [-0.39, 0.29) is 11.8 Å². The number of pyridine rings is 1. The number of nitrogens with zero attached hydrogens (tertiary/aromatic N) is 2. The normalized spacial score (nSPS) is 13.7. The van der Waals surface area contributed by atoms with E-state index >= 15 is 0 Å². The number of aromatic nitrogens is 2. The van der Waals surface area contributed by atoms with Gasteiger partial charge in [0.05, 0.1) is 28.4 Å². The number of carbonyl (C=O) groups is 1. The van der Waals surface area contributed by atoms with Gasteiger partial charge in [-0.25, -0.2) is 4.39 Å². The Balaban J connectivity index is 1.22. The molecule has 5 aromatic rings. The van der Waals surface area contributed by atoms with Gasteiger partial charge in [0.25, 0.3) is 0 Å². The SMILES string of the molecule is CCOC(=O)C1(c2ccc(-c3ccc(-c4onc(C)c4Cc4cccc(-c5cc(F)ccc5Cl)n4)cc3)cc2)CC1. The van der Waals surface area contributed by atoms with Crippen LogP contribution in [0.1, 0.15) is 42.3 Å². The van der Waals surface area contributed by atoms with Crippen molar-refractivity contribution < 1.29 is 18.4 Å². The van der Waals surface area contributed by atoms with Gasteiger partial charge in [0, 0.05) is 28.8 Å². The van der Waals surface area contributed by atoms with Crippen LogP contribution in [0.25, 0.3) is 33.7 Å². The van der Waals surface area contributed by atoms with Gasteiger partial charge in [0.2, 0.25) is 0 Å². The highest BCUT2D eigenvalue weighted by Crippen LogP contribution is 2.49. The second-order valence-electron chi connectivity index (χ2n) is 10.3. The summed E-state index contributed by atoms with van der Waals surface area (Å²) in [5, 5.41) is 4.67. The minimum absolute atomic E-state index is 0.130. The first-order valence-electron chi connectivity index (χ1n) is 13.6. The van der Waals surface area contributed by atoms with Crippen LogP contribution in [-0.2, 0) is 21.4 Å². The van der Waals surface area contributed by atoms with Gasteiger partial charge in [0.1, 0.15) is 5.82 Å². The molecule has 0 N–H and O–H groups in total. The van der Waals surface area contributed by atoms with Crippen LogP contribution in [0.5, 0.6) is 0 Å². The summed E-state index contributed by atoms with van der Waals surface area (Å²) < 4.78 is 24.9. The number of carbonyl (C=O) groups excluding carboxylic acids is 1. The molecule has 0 amide bonds. The number of ether oxygens (including phenoxy) is 1. The predicted octanol–water partition coefficient (Wildman–Crippen LogP) is 8.36. The lowest BCUT2D eigenvalue weighted by Crippen LogP contribution is -2.23. The van der Waals surface area contributed by atoms with Gasteiger partial charge >= 0.3 is 5.97 Å². The summed E-state index contributed by atoms with van der Waals surface area (Å²) in [6.45, 7) is 4.14. The van der Waals surface area contributed by atoms with E-state index in [9.17, 15) is 9.18 Å². The summed E-state index contributed by atoms with van der Waals surface area (Å²) in [6.07, 6.45) is 2.16. The van der Waals surface area contributed by atoms with Crippen LogP contribution in [0.3, 0.4) is 0 Å². The fraction of sp³-hybridized carbons (Fsp3) is 0.206. The van der Waals surface area contributed by atoms with E-state index in [1.54, 1.807) is 0 Å². The van der Waals surface area contributed by atoms with Crippen LogP contribution in [0, 0.1) is 12.7 Å². The third kappa shape index (κ3) is 5.27. The highest BCUT2D eigenvalue weighted by Gasteiger charge is 2.52. The van der Waals surface area contributed by atoms with Gasteiger partial charge in [-0.15, -0.1) is 0 Å². The molecule has 0 saturated heterocycles. The number of rotatable bonds is 8. The van der Waals surface area contributed by atoms with E-state index in [0.29, 0.717) is 35.1 Å². The van der Waals surface area contributed by atoms with Crippen molar-refractivity contribution >= 4 is 17.6 Å². The Kier molecular flexibility index (Phi) is 7.18. The molecule has 5 nitrogen and oxygen atoms in total. The van der Waals surface area contributed by atoms with Gasteiger partial charge in [-0.1, -0.05) is 71.4 Å². The third-order valence-corrected chi connectivity index (χ3v) is 8.02. The summed E-state index contributed by atoms with van der Waals surface area (Å²) in [6, 6.07) is 26.2. The Labute approximate surface area is 243 Å². The monoisotopic (exact) mass is 566 g/mol. The Morgan fingerprint density at radius 3 is 2.34 bits per heavy atom. The van der Waals surface area contributed by atoms with E-state index in [4.69, 9.17) is 25.8 Å². The average Bonchev–Trinajstić information content (AvgIpc) is 3.73.